The van der Waals surface area contributed by atoms with Crippen LogP contribution in [0.2, 0.25) is 0 Å². The van der Waals surface area contributed by atoms with Crippen molar-refractivity contribution in [2.45, 2.75) is 51.1 Å². The Morgan fingerprint density at radius 1 is 1.42 bits per heavy atom. The van der Waals surface area contributed by atoms with Crippen LogP contribution in [-0.4, -0.2) is 15.6 Å². The molecule has 19 heavy (non-hydrogen) atoms. The smallest absolute Gasteiger partial charge is 0.151 e. The van der Waals surface area contributed by atoms with Gasteiger partial charge < -0.3 is 10.3 Å². The molecule has 2 aromatic rings. The van der Waals surface area contributed by atoms with Crippen molar-refractivity contribution in [3.63, 3.8) is 0 Å². The minimum atomic E-state index is -0.236. The number of nitrogens with two attached hydrogens (primary N) is 1. The third-order valence-corrected chi connectivity index (χ3v) is 4.11. The Kier molecular flexibility index (Phi) is 3.27. The quantitative estimate of drug-likeness (QED) is 0.922. The van der Waals surface area contributed by atoms with Crippen LogP contribution in [0.5, 0.6) is 0 Å². The molecule has 1 fully saturated rings. The second kappa shape index (κ2) is 4.93. The van der Waals surface area contributed by atoms with E-state index in [9.17, 15) is 4.39 Å². The first-order valence-corrected chi connectivity index (χ1v) is 7.12. The van der Waals surface area contributed by atoms with E-state index in [0.29, 0.717) is 5.52 Å². The minimum Gasteiger partial charge on any atom is -0.328 e. The summed E-state index contributed by atoms with van der Waals surface area (Å²) in [6.07, 6.45) is 4.26. The lowest BCUT2D eigenvalue weighted by atomic mass is 10.0. The van der Waals surface area contributed by atoms with Crippen LogP contribution in [0.25, 0.3) is 11.0 Å². The summed E-state index contributed by atoms with van der Waals surface area (Å²) in [5, 5.41) is 0. The van der Waals surface area contributed by atoms with E-state index < -0.39 is 0 Å². The van der Waals surface area contributed by atoms with Gasteiger partial charge in [0.15, 0.2) is 5.82 Å². The van der Waals surface area contributed by atoms with E-state index in [2.05, 4.69) is 16.5 Å². The van der Waals surface area contributed by atoms with Crippen LogP contribution in [0.15, 0.2) is 18.2 Å². The number of para-hydroxylation sites is 1. The van der Waals surface area contributed by atoms with Gasteiger partial charge in [0.05, 0.1) is 5.52 Å². The second-order valence-electron chi connectivity index (χ2n) is 5.43. The standard InChI is InChI=1S/C15H20FN3/c1-2-9-19-13-8-4-6-11(16)14(13)18-15(19)10-5-3-7-12(10)17/h4,6,8,10,12H,2-3,5,7,9,17H2,1H3. The third kappa shape index (κ3) is 2.04. The van der Waals surface area contributed by atoms with Gasteiger partial charge in [0.25, 0.3) is 0 Å². The Bertz CT molecular complexity index is 590. The SMILES string of the molecule is CCCn1c(C2CCCC2N)nc2c(F)cccc21. The first kappa shape index (κ1) is 12.6. The summed E-state index contributed by atoms with van der Waals surface area (Å²) in [5.41, 5.74) is 7.58. The predicted molar refractivity (Wildman–Crippen MR) is 74.5 cm³/mol. The monoisotopic (exact) mass is 261 g/mol. The van der Waals surface area contributed by atoms with Gasteiger partial charge in [0.1, 0.15) is 11.3 Å². The zero-order chi connectivity index (χ0) is 13.4. The van der Waals surface area contributed by atoms with Gasteiger partial charge in [-0.15, -0.1) is 0 Å². The normalized spacial score (nSPS) is 23.3. The average Bonchev–Trinajstić information content (AvgIpc) is 2.95. The van der Waals surface area contributed by atoms with Gasteiger partial charge >= 0.3 is 0 Å². The molecule has 3 nitrogen and oxygen atoms in total. The molecule has 2 atom stereocenters. The van der Waals surface area contributed by atoms with Crippen molar-refractivity contribution >= 4 is 11.0 Å². The zero-order valence-electron chi connectivity index (χ0n) is 11.3. The lowest BCUT2D eigenvalue weighted by Crippen LogP contribution is -2.25. The van der Waals surface area contributed by atoms with Crippen molar-refractivity contribution in [1.29, 1.82) is 0 Å². The fraction of sp³-hybridized carbons (Fsp3) is 0.533. The van der Waals surface area contributed by atoms with E-state index in [4.69, 9.17) is 5.73 Å². The van der Waals surface area contributed by atoms with Crippen molar-refractivity contribution in [3.8, 4) is 0 Å². The maximum absolute atomic E-state index is 13.9. The number of halogens is 1. The average molecular weight is 261 g/mol. The van der Waals surface area contributed by atoms with Gasteiger partial charge in [-0.05, 0) is 31.4 Å². The number of aromatic nitrogens is 2. The number of fused-ring (bicyclic) bond motifs is 1. The molecule has 1 aromatic carbocycles. The molecule has 1 aromatic heterocycles. The van der Waals surface area contributed by atoms with Crippen LogP contribution >= 0.6 is 0 Å². The number of nitrogens with zero attached hydrogens (tertiary/aromatic N) is 2. The van der Waals surface area contributed by atoms with E-state index in [1.807, 2.05) is 6.07 Å². The number of benzene rings is 1. The summed E-state index contributed by atoms with van der Waals surface area (Å²) in [5.74, 6) is 1.02. The Morgan fingerprint density at radius 3 is 2.95 bits per heavy atom. The van der Waals surface area contributed by atoms with Gasteiger partial charge in [-0.2, -0.15) is 0 Å². The van der Waals surface area contributed by atoms with E-state index in [1.54, 1.807) is 6.07 Å². The number of aryl methyl sites for hydroxylation is 1. The molecule has 3 rings (SSSR count). The van der Waals surface area contributed by atoms with Crippen molar-refractivity contribution < 1.29 is 4.39 Å². The van der Waals surface area contributed by atoms with E-state index in [1.165, 1.54) is 6.07 Å². The fourth-order valence-electron chi connectivity index (χ4n) is 3.18. The molecule has 0 spiro atoms. The predicted octanol–water partition coefficient (Wildman–Crippen LogP) is 3.18. The molecule has 2 unspecified atom stereocenters. The summed E-state index contributed by atoms with van der Waals surface area (Å²) in [6.45, 7) is 3.00. The van der Waals surface area contributed by atoms with E-state index >= 15 is 0 Å². The van der Waals surface area contributed by atoms with Gasteiger partial charge in [0.2, 0.25) is 0 Å². The highest BCUT2D eigenvalue weighted by molar-refractivity contribution is 5.76. The molecule has 1 aliphatic carbocycles. The second-order valence-corrected chi connectivity index (χ2v) is 5.43. The highest BCUT2D eigenvalue weighted by Crippen LogP contribution is 2.35. The zero-order valence-corrected chi connectivity index (χ0v) is 11.3. The molecule has 1 saturated carbocycles. The van der Waals surface area contributed by atoms with Crippen molar-refractivity contribution in [3.05, 3.63) is 29.8 Å². The molecular formula is C15H20FN3. The molecule has 0 saturated heterocycles. The molecule has 0 radical (unpaired) electrons. The van der Waals surface area contributed by atoms with Crippen LogP contribution in [-0.2, 0) is 6.54 Å². The topological polar surface area (TPSA) is 43.8 Å². The first-order valence-electron chi connectivity index (χ1n) is 7.12. The van der Waals surface area contributed by atoms with E-state index in [-0.39, 0.29) is 17.8 Å². The van der Waals surface area contributed by atoms with Crippen LogP contribution in [0.1, 0.15) is 44.3 Å². The summed E-state index contributed by atoms with van der Waals surface area (Å²) in [7, 11) is 0. The Morgan fingerprint density at radius 2 is 2.26 bits per heavy atom. The molecule has 0 amide bonds. The van der Waals surface area contributed by atoms with Gasteiger partial charge in [0, 0.05) is 18.5 Å². The highest BCUT2D eigenvalue weighted by atomic mass is 19.1. The Balaban J connectivity index is 2.17. The first-order chi connectivity index (χ1) is 9.22. The number of rotatable bonds is 3. The molecule has 4 heteroatoms. The maximum Gasteiger partial charge on any atom is 0.151 e. The molecule has 1 aliphatic rings. The highest BCUT2D eigenvalue weighted by Gasteiger charge is 2.30. The van der Waals surface area contributed by atoms with Crippen LogP contribution < -0.4 is 5.73 Å². The van der Waals surface area contributed by atoms with E-state index in [0.717, 1.165) is 43.6 Å². The number of imidazole rings is 1. The van der Waals surface area contributed by atoms with Crippen molar-refractivity contribution in [2.24, 2.45) is 5.73 Å². The van der Waals surface area contributed by atoms with Crippen LogP contribution in [0, 0.1) is 5.82 Å². The largest absolute Gasteiger partial charge is 0.328 e. The third-order valence-electron chi connectivity index (χ3n) is 4.11. The summed E-state index contributed by atoms with van der Waals surface area (Å²) in [6, 6.07) is 5.34. The van der Waals surface area contributed by atoms with Gasteiger partial charge in [-0.1, -0.05) is 19.4 Å². The lowest BCUT2D eigenvalue weighted by Gasteiger charge is -2.17. The lowest BCUT2D eigenvalue weighted by molar-refractivity contribution is 0.538. The fourth-order valence-corrected chi connectivity index (χ4v) is 3.18. The summed E-state index contributed by atoms with van der Waals surface area (Å²) in [4.78, 5) is 4.57. The number of hydrogen-bond acceptors (Lipinski definition) is 2. The van der Waals surface area contributed by atoms with Gasteiger partial charge in [-0.3, -0.25) is 0 Å². The Hall–Kier alpha value is -1.42. The van der Waals surface area contributed by atoms with Crippen molar-refractivity contribution in [1.82, 2.24) is 9.55 Å². The Labute approximate surface area is 112 Å². The van der Waals surface area contributed by atoms with Crippen molar-refractivity contribution in [2.75, 3.05) is 0 Å². The van der Waals surface area contributed by atoms with Gasteiger partial charge in [-0.25, -0.2) is 9.37 Å². The summed E-state index contributed by atoms with van der Waals surface area (Å²) >= 11 is 0. The molecule has 1 heterocycles. The van der Waals surface area contributed by atoms with Crippen LogP contribution in [0.3, 0.4) is 0 Å². The number of hydrogen-bond donors (Lipinski definition) is 1. The molecule has 2 N–H and O–H groups in total. The maximum atomic E-state index is 13.9. The molecule has 102 valence electrons. The summed E-state index contributed by atoms with van der Waals surface area (Å²) < 4.78 is 16.1. The molecule has 0 bridgehead atoms. The van der Waals surface area contributed by atoms with Crippen LogP contribution in [0.4, 0.5) is 4.39 Å². The molecular weight excluding hydrogens is 241 g/mol. The molecule has 0 aliphatic heterocycles. The minimum absolute atomic E-state index is 0.162.